The minimum absolute atomic E-state index is 0.0758. The average Bonchev–Trinajstić information content (AvgIpc) is 3.27. The van der Waals surface area contributed by atoms with E-state index in [4.69, 9.17) is 9.15 Å². The highest BCUT2D eigenvalue weighted by atomic mass is 19.4. The Bertz CT molecular complexity index is 1100. The fourth-order valence-corrected chi connectivity index (χ4v) is 2.79. The van der Waals surface area contributed by atoms with Crippen LogP contribution in [-0.2, 0) is 12.7 Å². The van der Waals surface area contributed by atoms with E-state index in [-0.39, 0.29) is 12.4 Å². The Hall–Kier alpha value is -3.36. The predicted molar refractivity (Wildman–Crippen MR) is 90.1 cm³/mol. The van der Waals surface area contributed by atoms with Gasteiger partial charge in [0.15, 0.2) is 0 Å². The molecule has 9 heteroatoms. The number of rotatable bonds is 4. The van der Waals surface area contributed by atoms with E-state index in [1.807, 2.05) is 48.5 Å². The molecule has 2 aromatic heterocycles. The molecule has 0 saturated carbocycles. The van der Waals surface area contributed by atoms with Gasteiger partial charge in [-0.15, -0.1) is 10.2 Å². The number of hydrogen-bond acceptors (Lipinski definition) is 5. The third-order valence-corrected chi connectivity index (χ3v) is 4.00. The van der Waals surface area contributed by atoms with Crippen molar-refractivity contribution < 1.29 is 22.3 Å². The third-order valence-electron chi connectivity index (χ3n) is 4.00. The van der Waals surface area contributed by atoms with E-state index in [2.05, 4.69) is 15.3 Å². The first-order valence-corrected chi connectivity index (χ1v) is 7.95. The van der Waals surface area contributed by atoms with Crippen LogP contribution in [0.15, 0.2) is 52.9 Å². The number of halogens is 3. The Kier molecular flexibility index (Phi) is 4.06. The van der Waals surface area contributed by atoms with Crippen LogP contribution < -0.4 is 4.74 Å². The lowest BCUT2D eigenvalue weighted by Gasteiger charge is -2.02. The van der Waals surface area contributed by atoms with Crippen LogP contribution in [0.5, 0.6) is 5.75 Å². The average molecular weight is 374 g/mol. The maximum atomic E-state index is 12.7. The molecule has 27 heavy (non-hydrogen) atoms. The first kappa shape index (κ1) is 17.1. The molecule has 0 aliphatic rings. The largest absolute Gasteiger partial charge is 0.497 e. The Labute approximate surface area is 151 Å². The molecule has 0 saturated heterocycles. The SMILES string of the molecule is COc1cccc(-c2nn(Cc3nnc(C(F)(F)F)o3)c3ccccc23)c1. The van der Waals surface area contributed by atoms with Crippen LogP contribution in [0.4, 0.5) is 13.2 Å². The molecule has 0 radical (unpaired) electrons. The van der Waals surface area contributed by atoms with Gasteiger partial charge in [0.25, 0.3) is 0 Å². The smallest absolute Gasteiger partial charge is 0.470 e. The maximum absolute atomic E-state index is 12.7. The Balaban J connectivity index is 1.77. The van der Waals surface area contributed by atoms with Crippen molar-refractivity contribution in [3.63, 3.8) is 0 Å². The van der Waals surface area contributed by atoms with Crippen LogP contribution in [0.2, 0.25) is 0 Å². The van der Waals surface area contributed by atoms with E-state index < -0.39 is 12.1 Å². The minimum atomic E-state index is -4.68. The highest BCUT2D eigenvalue weighted by Gasteiger charge is 2.38. The summed E-state index contributed by atoms with van der Waals surface area (Å²) in [5.41, 5.74) is 2.24. The van der Waals surface area contributed by atoms with E-state index in [0.29, 0.717) is 11.4 Å². The molecule has 4 aromatic rings. The summed E-state index contributed by atoms with van der Waals surface area (Å²) in [6.07, 6.45) is -4.68. The molecule has 138 valence electrons. The van der Waals surface area contributed by atoms with Crippen molar-refractivity contribution in [2.75, 3.05) is 7.11 Å². The number of fused-ring (bicyclic) bond motifs is 1. The van der Waals surface area contributed by atoms with Crippen LogP contribution in [0.3, 0.4) is 0 Å². The number of alkyl halides is 3. The molecule has 4 rings (SSSR count). The van der Waals surface area contributed by atoms with Crippen molar-refractivity contribution in [3.05, 3.63) is 60.3 Å². The van der Waals surface area contributed by atoms with Gasteiger partial charge in [-0.1, -0.05) is 30.3 Å². The van der Waals surface area contributed by atoms with E-state index in [1.165, 1.54) is 4.68 Å². The second-order valence-electron chi connectivity index (χ2n) is 5.75. The van der Waals surface area contributed by atoms with Gasteiger partial charge in [-0.25, -0.2) is 0 Å². The van der Waals surface area contributed by atoms with Gasteiger partial charge in [-0.3, -0.25) is 4.68 Å². The van der Waals surface area contributed by atoms with Gasteiger partial charge in [-0.2, -0.15) is 18.3 Å². The lowest BCUT2D eigenvalue weighted by molar-refractivity contribution is -0.157. The van der Waals surface area contributed by atoms with Crippen LogP contribution in [-0.4, -0.2) is 27.1 Å². The summed E-state index contributed by atoms with van der Waals surface area (Å²) >= 11 is 0. The molecule has 0 aliphatic carbocycles. The monoisotopic (exact) mass is 374 g/mol. The van der Waals surface area contributed by atoms with Crippen molar-refractivity contribution in [2.24, 2.45) is 0 Å². The lowest BCUT2D eigenvalue weighted by Crippen LogP contribution is -2.05. The van der Waals surface area contributed by atoms with E-state index in [0.717, 1.165) is 16.5 Å². The zero-order valence-corrected chi connectivity index (χ0v) is 14.1. The summed E-state index contributed by atoms with van der Waals surface area (Å²) in [7, 11) is 1.57. The van der Waals surface area contributed by atoms with Crippen LogP contribution in [0.25, 0.3) is 22.2 Å². The first-order chi connectivity index (χ1) is 13.0. The van der Waals surface area contributed by atoms with Gasteiger partial charge in [-0.05, 0) is 18.2 Å². The van der Waals surface area contributed by atoms with Crippen LogP contribution in [0.1, 0.15) is 11.8 Å². The Morgan fingerprint density at radius 2 is 1.89 bits per heavy atom. The molecule has 2 aromatic carbocycles. The third kappa shape index (κ3) is 3.23. The van der Waals surface area contributed by atoms with Gasteiger partial charge >= 0.3 is 12.1 Å². The molecule has 6 nitrogen and oxygen atoms in total. The topological polar surface area (TPSA) is 66.0 Å². The second-order valence-corrected chi connectivity index (χ2v) is 5.75. The molecule has 0 atom stereocenters. The molecule has 0 fully saturated rings. The molecule has 0 N–H and O–H groups in total. The van der Waals surface area contributed by atoms with Crippen LogP contribution in [0, 0.1) is 0 Å². The molecule has 0 bridgehead atoms. The van der Waals surface area contributed by atoms with Gasteiger partial charge in [0, 0.05) is 10.9 Å². The molecule has 0 spiro atoms. The number of aromatic nitrogens is 4. The number of benzene rings is 2. The summed E-state index contributed by atoms with van der Waals surface area (Å²) in [5, 5.41) is 11.9. The van der Waals surface area contributed by atoms with Gasteiger partial charge in [0.05, 0.1) is 12.6 Å². The lowest BCUT2D eigenvalue weighted by atomic mass is 10.1. The summed E-state index contributed by atoms with van der Waals surface area (Å²) in [5.74, 6) is -0.868. The van der Waals surface area contributed by atoms with Crippen molar-refractivity contribution >= 4 is 10.9 Å². The van der Waals surface area contributed by atoms with Crippen molar-refractivity contribution in [3.8, 4) is 17.0 Å². The van der Waals surface area contributed by atoms with Crippen LogP contribution >= 0.6 is 0 Å². The molecule has 0 unspecified atom stereocenters. The number of methoxy groups -OCH3 is 1. The molecule has 0 aliphatic heterocycles. The summed E-state index contributed by atoms with van der Waals surface area (Å²) in [4.78, 5) is 0. The van der Waals surface area contributed by atoms with Crippen molar-refractivity contribution in [2.45, 2.75) is 12.7 Å². The molecule has 2 heterocycles. The number of para-hydroxylation sites is 1. The zero-order valence-electron chi connectivity index (χ0n) is 14.1. The Morgan fingerprint density at radius 3 is 2.63 bits per heavy atom. The fourth-order valence-electron chi connectivity index (χ4n) is 2.79. The van der Waals surface area contributed by atoms with E-state index in [1.54, 1.807) is 7.11 Å². The Morgan fingerprint density at radius 1 is 1.07 bits per heavy atom. The second kappa shape index (κ2) is 6.42. The summed E-state index contributed by atoms with van der Waals surface area (Å²) in [6, 6.07) is 14.8. The summed E-state index contributed by atoms with van der Waals surface area (Å²) in [6.45, 7) is -0.0758. The van der Waals surface area contributed by atoms with Gasteiger partial charge in [0.1, 0.15) is 18.0 Å². The number of hydrogen-bond donors (Lipinski definition) is 0. The fraction of sp³-hybridized carbons (Fsp3) is 0.167. The van der Waals surface area contributed by atoms with Gasteiger partial charge < -0.3 is 9.15 Å². The van der Waals surface area contributed by atoms with Crippen molar-refractivity contribution in [1.82, 2.24) is 20.0 Å². The highest BCUT2D eigenvalue weighted by Crippen LogP contribution is 2.31. The quantitative estimate of drug-likeness (QED) is 0.537. The van der Waals surface area contributed by atoms with Crippen molar-refractivity contribution in [1.29, 1.82) is 0 Å². The highest BCUT2D eigenvalue weighted by molar-refractivity contribution is 5.93. The van der Waals surface area contributed by atoms with E-state index in [9.17, 15) is 13.2 Å². The number of ether oxygens (including phenoxy) is 1. The molecule has 0 amide bonds. The summed E-state index contributed by atoms with van der Waals surface area (Å²) < 4.78 is 49.5. The first-order valence-electron chi connectivity index (χ1n) is 7.95. The maximum Gasteiger partial charge on any atom is 0.470 e. The zero-order chi connectivity index (χ0) is 19.0. The van der Waals surface area contributed by atoms with Gasteiger partial charge in [0.2, 0.25) is 5.89 Å². The molecular formula is C18H13F3N4O2. The minimum Gasteiger partial charge on any atom is -0.497 e. The number of nitrogens with zero attached hydrogens (tertiary/aromatic N) is 4. The van der Waals surface area contributed by atoms with E-state index >= 15 is 0 Å². The standard InChI is InChI=1S/C18H13F3N4O2/c1-26-12-6-4-5-11(9-12)16-13-7-2-3-8-14(13)25(24-16)10-15-22-23-17(27-15)18(19,20)21/h2-9H,10H2,1H3. The normalized spacial score (nSPS) is 11.9. The predicted octanol–water partition coefficient (Wildman–Crippen LogP) is 4.16. The molecular weight excluding hydrogens is 361 g/mol.